The Hall–Kier alpha value is -4.27. The molecule has 36 heavy (non-hydrogen) atoms. The van der Waals surface area contributed by atoms with Crippen molar-refractivity contribution in [3.63, 3.8) is 0 Å². The Bertz CT molecular complexity index is 1680. The molecule has 1 N–H and O–H groups in total. The topological polar surface area (TPSA) is 89.1 Å². The molecule has 0 radical (unpaired) electrons. The van der Waals surface area contributed by atoms with Gasteiger partial charge in [0.1, 0.15) is 17.3 Å². The molecule has 1 saturated heterocycles. The lowest BCUT2D eigenvalue weighted by atomic mass is 10.0. The van der Waals surface area contributed by atoms with E-state index in [1.165, 1.54) is 6.07 Å². The largest absolute Gasteiger partial charge is 0.481 e. The van der Waals surface area contributed by atoms with Gasteiger partial charge in [-0.3, -0.25) is 9.48 Å². The van der Waals surface area contributed by atoms with E-state index in [9.17, 15) is 14.3 Å². The average molecular weight is 483 g/mol. The molecular weight excluding hydrogens is 459 g/mol. The number of anilines is 1. The van der Waals surface area contributed by atoms with Gasteiger partial charge < -0.3 is 10.0 Å². The van der Waals surface area contributed by atoms with Gasteiger partial charge in [0.25, 0.3) is 0 Å². The minimum atomic E-state index is -0.695. The number of hydrogen-bond donors (Lipinski definition) is 1. The highest BCUT2D eigenvalue weighted by Gasteiger charge is 2.60. The van der Waals surface area contributed by atoms with Crippen molar-refractivity contribution in [2.24, 2.45) is 24.8 Å². The fourth-order valence-corrected chi connectivity index (χ4v) is 5.87. The summed E-state index contributed by atoms with van der Waals surface area (Å²) in [5.41, 5.74) is 4.52. The molecule has 3 aromatic heterocycles. The van der Waals surface area contributed by atoms with Crippen molar-refractivity contribution in [1.82, 2.24) is 24.5 Å². The van der Waals surface area contributed by atoms with Crippen molar-refractivity contribution in [2.75, 3.05) is 18.0 Å². The number of aromatic nitrogens is 5. The Kier molecular flexibility index (Phi) is 4.31. The number of nitrogens with zero attached hydrogens (tertiary/aromatic N) is 6. The van der Waals surface area contributed by atoms with E-state index < -0.39 is 5.97 Å². The maximum Gasteiger partial charge on any atom is 0.307 e. The third kappa shape index (κ3) is 2.98. The van der Waals surface area contributed by atoms with E-state index in [0.717, 1.165) is 39.1 Å². The van der Waals surface area contributed by atoms with E-state index in [0.29, 0.717) is 24.2 Å². The second kappa shape index (κ2) is 7.36. The first kappa shape index (κ1) is 21.0. The summed E-state index contributed by atoms with van der Waals surface area (Å²) in [6.45, 7) is 3.19. The zero-order valence-electron chi connectivity index (χ0n) is 19.8. The van der Waals surface area contributed by atoms with E-state index in [4.69, 9.17) is 5.10 Å². The number of rotatable bonds is 4. The lowest BCUT2D eigenvalue weighted by Gasteiger charge is -2.20. The molecular formula is C27H23FN6O2. The van der Waals surface area contributed by atoms with Crippen LogP contribution in [0.25, 0.3) is 38.8 Å². The number of hydrogen-bond acceptors (Lipinski definition) is 5. The number of carboxylic acids is 1. The van der Waals surface area contributed by atoms with Crippen LogP contribution in [0.2, 0.25) is 0 Å². The SMILES string of the molecule is Cc1c(F)ccc2c(-c3cccc4nn(C)cc34)nn(-c3ccc(N4C[C@@H]5C(C(=O)O)[C@@H]5C4)nc3)c12. The minimum absolute atomic E-state index is 0.211. The van der Waals surface area contributed by atoms with Crippen LogP contribution in [-0.2, 0) is 11.8 Å². The monoisotopic (exact) mass is 482 g/mol. The van der Waals surface area contributed by atoms with Crippen molar-refractivity contribution in [1.29, 1.82) is 0 Å². The van der Waals surface area contributed by atoms with Gasteiger partial charge in [0.05, 0.1) is 28.8 Å². The third-order valence-corrected chi connectivity index (χ3v) is 7.73. The summed E-state index contributed by atoms with van der Waals surface area (Å²) in [6, 6.07) is 13.1. The number of pyridine rings is 1. The summed E-state index contributed by atoms with van der Waals surface area (Å²) in [5.74, 6) is 0.0404. The molecule has 180 valence electrons. The van der Waals surface area contributed by atoms with E-state index in [1.54, 1.807) is 28.6 Å². The average Bonchev–Trinajstić information content (AvgIpc) is 3.20. The summed E-state index contributed by atoms with van der Waals surface area (Å²) in [7, 11) is 1.89. The predicted molar refractivity (Wildman–Crippen MR) is 134 cm³/mol. The van der Waals surface area contributed by atoms with Crippen LogP contribution in [0.15, 0.2) is 54.9 Å². The Morgan fingerprint density at radius 1 is 1.06 bits per heavy atom. The second-order valence-corrected chi connectivity index (χ2v) is 9.84. The molecule has 4 heterocycles. The molecule has 0 spiro atoms. The fourth-order valence-electron chi connectivity index (χ4n) is 5.87. The lowest BCUT2D eigenvalue weighted by molar-refractivity contribution is -0.139. The van der Waals surface area contributed by atoms with Crippen molar-refractivity contribution in [2.45, 2.75) is 6.92 Å². The molecule has 9 heteroatoms. The van der Waals surface area contributed by atoms with Crippen LogP contribution in [0, 0.1) is 30.5 Å². The second-order valence-electron chi connectivity index (χ2n) is 9.84. The molecule has 3 atom stereocenters. The smallest absolute Gasteiger partial charge is 0.307 e. The van der Waals surface area contributed by atoms with Gasteiger partial charge in [-0.25, -0.2) is 14.1 Å². The normalized spacial score (nSPS) is 20.9. The van der Waals surface area contributed by atoms with E-state index >= 15 is 0 Å². The Morgan fingerprint density at radius 3 is 2.58 bits per heavy atom. The zero-order valence-corrected chi connectivity index (χ0v) is 19.8. The molecule has 1 aliphatic heterocycles. The Balaban J connectivity index is 1.31. The number of piperidine rings is 1. The molecule has 1 unspecified atom stereocenters. The zero-order chi connectivity index (χ0) is 24.7. The van der Waals surface area contributed by atoms with Crippen molar-refractivity contribution in [3.05, 3.63) is 66.2 Å². The number of aryl methyl sites for hydroxylation is 2. The quantitative estimate of drug-likeness (QED) is 0.413. The summed E-state index contributed by atoms with van der Waals surface area (Å²) in [5, 5.41) is 20.6. The van der Waals surface area contributed by atoms with Crippen molar-refractivity contribution >= 4 is 33.6 Å². The number of halogens is 1. The van der Waals surface area contributed by atoms with Crippen LogP contribution in [0.3, 0.4) is 0 Å². The highest BCUT2D eigenvalue weighted by Crippen LogP contribution is 2.52. The number of carboxylic acid groups (broad SMARTS) is 1. The maximum atomic E-state index is 14.7. The lowest BCUT2D eigenvalue weighted by Crippen LogP contribution is -2.26. The van der Waals surface area contributed by atoms with Crippen LogP contribution in [0.1, 0.15) is 5.56 Å². The fraction of sp³-hybridized carbons (Fsp3) is 0.259. The van der Waals surface area contributed by atoms with Gasteiger partial charge in [0.15, 0.2) is 0 Å². The molecule has 1 saturated carbocycles. The predicted octanol–water partition coefficient (Wildman–Crippen LogP) is 4.19. The van der Waals surface area contributed by atoms with Gasteiger partial charge >= 0.3 is 5.97 Å². The standard InChI is InChI=1S/C27H23FN6O2/c1-14-21(28)8-7-17-25(16-4-3-5-22-18(16)11-32(2)30-22)31-34(26(14)17)15-6-9-23(29-10-15)33-12-19-20(13-33)24(19)27(35)36/h3-11,19-20,24H,12-13H2,1-2H3,(H,35,36)/t19-,20+,24?. The van der Waals surface area contributed by atoms with Gasteiger partial charge in [0, 0.05) is 48.2 Å². The summed E-state index contributed by atoms with van der Waals surface area (Å²) >= 11 is 0. The summed E-state index contributed by atoms with van der Waals surface area (Å²) in [6.07, 6.45) is 3.72. The van der Waals surface area contributed by atoms with Crippen LogP contribution < -0.4 is 4.90 Å². The van der Waals surface area contributed by atoms with Crippen molar-refractivity contribution in [3.8, 4) is 16.9 Å². The van der Waals surface area contributed by atoms with Gasteiger partial charge in [-0.15, -0.1) is 0 Å². The Morgan fingerprint density at radius 2 is 1.86 bits per heavy atom. The van der Waals surface area contributed by atoms with Gasteiger partial charge in [0.2, 0.25) is 0 Å². The first-order chi connectivity index (χ1) is 17.4. The maximum absolute atomic E-state index is 14.7. The van der Waals surface area contributed by atoms with E-state index in [1.807, 2.05) is 43.6 Å². The van der Waals surface area contributed by atoms with Crippen LogP contribution in [0.5, 0.6) is 0 Å². The number of carbonyl (C=O) groups is 1. The molecule has 0 bridgehead atoms. The van der Waals surface area contributed by atoms with E-state index in [-0.39, 0.29) is 23.6 Å². The van der Waals surface area contributed by atoms with Crippen molar-refractivity contribution < 1.29 is 14.3 Å². The van der Waals surface area contributed by atoms with Gasteiger partial charge in [-0.2, -0.15) is 10.2 Å². The van der Waals surface area contributed by atoms with Crippen LogP contribution in [-0.4, -0.2) is 48.7 Å². The third-order valence-electron chi connectivity index (χ3n) is 7.73. The molecule has 5 aromatic rings. The molecule has 1 aliphatic carbocycles. The number of fused-ring (bicyclic) bond motifs is 3. The van der Waals surface area contributed by atoms with Gasteiger partial charge in [-0.1, -0.05) is 12.1 Å². The van der Waals surface area contributed by atoms with Gasteiger partial charge in [-0.05, 0) is 49.1 Å². The summed E-state index contributed by atoms with van der Waals surface area (Å²) in [4.78, 5) is 18.1. The molecule has 2 fully saturated rings. The molecule has 7 rings (SSSR count). The highest BCUT2D eigenvalue weighted by molar-refractivity contribution is 6.03. The number of aliphatic carboxylic acids is 1. The first-order valence-corrected chi connectivity index (χ1v) is 12.0. The molecule has 2 aromatic carbocycles. The minimum Gasteiger partial charge on any atom is -0.481 e. The first-order valence-electron chi connectivity index (χ1n) is 12.0. The van der Waals surface area contributed by atoms with E-state index in [2.05, 4.69) is 15.0 Å². The number of benzene rings is 2. The molecule has 2 aliphatic rings. The van der Waals surface area contributed by atoms with Crippen LogP contribution >= 0.6 is 0 Å². The highest BCUT2D eigenvalue weighted by atomic mass is 19.1. The summed E-state index contributed by atoms with van der Waals surface area (Å²) < 4.78 is 18.2. The Labute approximate surface area is 205 Å². The van der Waals surface area contributed by atoms with Crippen LogP contribution in [0.4, 0.5) is 10.2 Å². The molecule has 0 amide bonds. The molecule has 8 nitrogen and oxygen atoms in total.